The van der Waals surface area contributed by atoms with Crippen molar-refractivity contribution in [2.75, 3.05) is 13.2 Å². The van der Waals surface area contributed by atoms with E-state index in [9.17, 15) is 9.90 Å². The van der Waals surface area contributed by atoms with Crippen LogP contribution in [0.25, 0.3) is 11.0 Å². The molecule has 2 heterocycles. The number of halogens is 1. The topological polar surface area (TPSA) is 53.7 Å². The third-order valence-corrected chi connectivity index (χ3v) is 4.76. The van der Waals surface area contributed by atoms with Crippen LogP contribution < -0.4 is 0 Å². The van der Waals surface area contributed by atoms with Gasteiger partial charge in [-0.1, -0.05) is 22.0 Å². The van der Waals surface area contributed by atoms with E-state index >= 15 is 0 Å². The predicted molar refractivity (Wildman–Crippen MR) is 84.3 cm³/mol. The second-order valence-electron chi connectivity index (χ2n) is 5.42. The molecule has 4 nitrogen and oxygen atoms in total. The molecule has 1 amide bonds. The molecule has 0 saturated carbocycles. The normalized spacial score (nSPS) is 19.1. The van der Waals surface area contributed by atoms with Gasteiger partial charge in [0.1, 0.15) is 5.58 Å². The maximum atomic E-state index is 12.7. The number of carbonyl (C=O) groups is 1. The van der Waals surface area contributed by atoms with Crippen LogP contribution in [0.2, 0.25) is 0 Å². The number of piperidine rings is 1. The van der Waals surface area contributed by atoms with Crippen LogP contribution >= 0.6 is 15.9 Å². The van der Waals surface area contributed by atoms with Gasteiger partial charge in [0.05, 0.1) is 0 Å². The van der Waals surface area contributed by atoms with Gasteiger partial charge < -0.3 is 14.4 Å². The number of rotatable bonds is 3. The van der Waals surface area contributed by atoms with Gasteiger partial charge in [-0.2, -0.15) is 0 Å². The fraction of sp³-hybridized carbons (Fsp3) is 0.438. The number of hydrogen-bond acceptors (Lipinski definition) is 3. The summed E-state index contributed by atoms with van der Waals surface area (Å²) >= 11 is 3.47. The number of aliphatic hydroxyl groups excluding tert-OH is 1. The highest BCUT2D eigenvalue weighted by atomic mass is 79.9. The van der Waals surface area contributed by atoms with Crippen molar-refractivity contribution >= 4 is 32.8 Å². The Hall–Kier alpha value is -1.33. The van der Waals surface area contributed by atoms with E-state index in [0.717, 1.165) is 35.7 Å². The molecule has 0 aliphatic carbocycles. The van der Waals surface area contributed by atoms with Gasteiger partial charge in [-0.3, -0.25) is 4.79 Å². The van der Waals surface area contributed by atoms with Crippen molar-refractivity contribution in [3.8, 4) is 0 Å². The highest BCUT2D eigenvalue weighted by Crippen LogP contribution is 2.29. The number of fused-ring (bicyclic) bond motifs is 1. The van der Waals surface area contributed by atoms with Crippen LogP contribution in [0.3, 0.4) is 0 Å². The monoisotopic (exact) mass is 351 g/mol. The Kier molecular flexibility index (Phi) is 4.31. The third kappa shape index (κ3) is 2.85. The van der Waals surface area contributed by atoms with E-state index in [1.54, 1.807) is 6.07 Å². The molecule has 1 saturated heterocycles. The average molecular weight is 352 g/mol. The Morgan fingerprint density at radius 1 is 1.43 bits per heavy atom. The molecule has 1 atom stereocenters. The molecule has 3 rings (SSSR count). The lowest BCUT2D eigenvalue weighted by atomic mass is 9.99. The van der Waals surface area contributed by atoms with Gasteiger partial charge in [0.15, 0.2) is 5.76 Å². The maximum absolute atomic E-state index is 12.7. The summed E-state index contributed by atoms with van der Waals surface area (Å²) in [6, 6.07) is 7.60. The standard InChI is InChI=1S/C16H18BrNO3/c17-13-5-3-6-14-12(13)10-15(21-14)16(20)18-8-2-1-4-11(18)7-9-19/h3,5-6,10-11,19H,1-2,4,7-9H2. The largest absolute Gasteiger partial charge is 0.451 e. The first-order valence-corrected chi connectivity index (χ1v) is 8.10. The van der Waals surface area contributed by atoms with Crippen LogP contribution in [0.4, 0.5) is 0 Å². The number of aliphatic hydroxyl groups is 1. The highest BCUT2D eigenvalue weighted by molar-refractivity contribution is 9.10. The number of hydrogen-bond donors (Lipinski definition) is 1. The predicted octanol–water partition coefficient (Wildman–Crippen LogP) is 3.57. The van der Waals surface area contributed by atoms with Gasteiger partial charge in [-0.15, -0.1) is 0 Å². The smallest absolute Gasteiger partial charge is 0.289 e. The summed E-state index contributed by atoms with van der Waals surface area (Å²) in [6.45, 7) is 0.849. The highest BCUT2D eigenvalue weighted by Gasteiger charge is 2.29. The maximum Gasteiger partial charge on any atom is 0.289 e. The molecule has 1 N–H and O–H groups in total. The summed E-state index contributed by atoms with van der Waals surface area (Å²) in [5, 5.41) is 10.1. The van der Waals surface area contributed by atoms with Crippen LogP contribution in [-0.4, -0.2) is 35.1 Å². The molecule has 5 heteroatoms. The Labute approximate surface area is 131 Å². The van der Waals surface area contributed by atoms with Crippen LogP contribution in [0.1, 0.15) is 36.2 Å². The Morgan fingerprint density at radius 3 is 3.05 bits per heavy atom. The van der Waals surface area contributed by atoms with Gasteiger partial charge in [0.25, 0.3) is 5.91 Å². The Balaban J connectivity index is 1.90. The molecule has 0 radical (unpaired) electrons. The van der Waals surface area contributed by atoms with Crippen molar-refractivity contribution in [3.63, 3.8) is 0 Å². The van der Waals surface area contributed by atoms with E-state index in [2.05, 4.69) is 15.9 Å². The summed E-state index contributed by atoms with van der Waals surface area (Å²) < 4.78 is 6.63. The molecule has 21 heavy (non-hydrogen) atoms. The van der Waals surface area contributed by atoms with Gasteiger partial charge in [0.2, 0.25) is 0 Å². The fourth-order valence-electron chi connectivity index (χ4n) is 2.99. The van der Waals surface area contributed by atoms with Gasteiger partial charge in [-0.25, -0.2) is 0 Å². The van der Waals surface area contributed by atoms with Crippen LogP contribution in [0.15, 0.2) is 33.2 Å². The molecule has 112 valence electrons. The lowest BCUT2D eigenvalue weighted by molar-refractivity contribution is 0.0545. The SMILES string of the molecule is O=C(c1cc2c(Br)cccc2o1)N1CCCCC1CCO. The molecule has 1 aliphatic rings. The van der Waals surface area contributed by atoms with E-state index < -0.39 is 0 Å². The molecule has 1 aliphatic heterocycles. The first kappa shape index (κ1) is 14.6. The summed E-state index contributed by atoms with van der Waals surface area (Å²) in [5.41, 5.74) is 0.712. The zero-order chi connectivity index (χ0) is 14.8. The van der Waals surface area contributed by atoms with E-state index in [1.807, 2.05) is 23.1 Å². The molecule has 0 bridgehead atoms. The minimum absolute atomic E-state index is 0.0729. The fourth-order valence-corrected chi connectivity index (χ4v) is 3.45. The van der Waals surface area contributed by atoms with Crippen molar-refractivity contribution in [2.24, 2.45) is 0 Å². The van der Waals surface area contributed by atoms with Crippen molar-refractivity contribution in [3.05, 3.63) is 34.5 Å². The molecule has 1 unspecified atom stereocenters. The van der Waals surface area contributed by atoms with E-state index in [0.29, 0.717) is 17.8 Å². The third-order valence-electron chi connectivity index (χ3n) is 4.07. The minimum Gasteiger partial charge on any atom is -0.451 e. The number of furan rings is 1. The van der Waals surface area contributed by atoms with Gasteiger partial charge in [0, 0.05) is 29.1 Å². The summed E-state index contributed by atoms with van der Waals surface area (Å²) in [7, 11) is 0. The number of carbonyl (C=O) groups excluding carboxylic acids is 1. The zero-order valence-corrected chi connectivity index (χ0v) is 13.3. The van der Waals surface area contributed by atoms with Crippen molar-refractivity contribution in [1.82, 2.24) is 4.90 Å². The average Bonchev–Trinajstić information content (AvgIpc) is 2.93. The quantitative estimate of drug-likeness (QED) is 0.919. The summed E-state index contributed by atoms with van der Waals surface area (Å²) in [5.74, 6) is 0.304. The van der Waals surface area contributed by atoms with E-state index in [4.69, 9.17) is 4.42 Å². The number of likely N-dealkylation sites (tertiary alicyclic amines) is 1. The van der Waals surface area contributed by atoms with Crippen LogP contribution in [0, 0.1) is 0 Å². The molecule has 1 aromatic carbocycles. The second kappa shape index (κ2) is 6.20. The van der Waals surface area contributed by atoms with Crippen LogP contribution in [0.5, 0.6) is 0 Å². The zero-order valence-electron chi connectivity index (χ0n) is 11.7. The first-order valence-electron chi connectivity index (χ1n) is 7.30. The molecular weight excluding hydrogens is 334 g/mol. The molecule has 1 aromatic heterocycles. The van der Waals surface area contributed by atoms with Crippen molar-refractivity contribution in [2.45, 2.75) is 31.7 Å². The molecule has 1 fully saturated rings. The number of benzene rings is 1. The Bertz CT molecular complexity index is 650. The lowest BCUT2D eigenvalue weighted by Gasteiger charge is -2.34. The lowest BCUT2D eigenvalue weighted by Crippen LogP contribution is -2.44. The van der Waals surface area contributed by atoms with Gasteiger partial charge >= 0.3 is 0 Å². The van der Waals surface area contributed by atoms with E-state index in [1.165, 1.54) is 0 Å². The number of nitrogens with zero attached hydrogens (tertiary/aromatic N) is 1. The minimum atomic E-state index is -0.0729. The molecular formula is C16H18BrNO3. The van der Waals surface area contributed by atoms with Gasteiger partial charge in [-0.05, 0) is 43.9 Å². The second-order valence-corrected chi connectivity index (χ2v) is 6.28. The Morgan fingerprint density at radius 2 is 2.29 bits per heavy atom. The van der Waals surface area contributed by atoms with Crippen LogP contribution in [-0.2, 0) is 0 Å². The first-order chi connectivity index (χ1) is 10.2. The van der Waals surface area contributed by atoms with E-state index in [-0.39, 0.29) is 18.6 Å². The summed E-state index contributed by atoms with van der Waals surface area (Å²) in [4.78, 5) is 14.6. The number of amides is 1. The molecule has 0 spiro atoms. The van der Waals surface area contributed by atoms with Crippen molar-refractivity contribution < 1.29 is 14.3 Å². The molecule has 2 aromatic rings. The van der Waals surface area contributed by atoms with Crippen molar-refractivity contribution in [1.29, 1.82) is 0 Å². The summed E-state index contributed by atoms with van der Waals surface area (Å²) in [6.07, 6.45) is 3.71.